The van der Waals surface area contributed by atoms with Crippen LogP contribution in [0.4, 0.5) is 13.2 Å². The minimum atomic E-state index is -4.48. The van der Waals surface area contributed by atoms with Crippen LogP contribution in [-0.4, -0.2) is 17.4 Å². The molecule has 0 saturated heterocycles. The Morgan fingerprint density at radius 1 is 1.53 bits per heavy atom. The van der Waals surface area contributed by atoms with Gasteiger partial charge in [0.05, 0.1) is 0 Å². The van der Waals surface area contributed by atoms with Crippen LogP contribution in [-0.2, 0) is 11.0 Å². The largest absolute Gasteiger partial charge is 0.433 e. The van der Waals surface area contributed by atoms with Crippen molar-refractivity contribution >= 4 is 12.0 Å². The van der Waals surface area contributed by atoms with Gasteiger partial charge in [0.25, 0.3) is 0 Å². The predicted octanol–water partition coefficient (Wildman–Crippen LogP) is 2.25. The molecule has 1 aromatic heterocycles. The Balaban J connectivity index is 2.81. The summed E-state index contributed by atoms with van der Waals surface area (Å²) in [5.41, 5.74) is -0.954. The van der Waals surface area contributed by atoms with Gasteiger partial charge in [-0.3, -0.25) is 9.78 Å². The average molecular weight is 244 g/mol. The molecule has 1 N–H and O–H groups in total. The fourth-order valence-corrected chi connectivity index (χ4v) is 1.18. The highest BCUT2D eigenvalue weighted by atomic mass is 19.4. The maximum atomic E-state index is 12.5. The molecular formula is C11H11F3N2O. The first kappa shape index (κ1) is 13.2. The summed E-state index contributed by atoms with van der Waals surface area (Å²) in [4.78, 5) is 13.8. The second-order valence-corrected chi connectivity index (χ2v) is 3.28. The Hall–Kier alpha value is -1.85. The van der Waals surface area contributed by atoms with Gasteiger partial charge in [0.1, 0.15) is 0 Å². The van der Waals surface area contributed by atoms with E-state index in [-0.39, 0.29) is 18.0 Å². The topological polar surface area (TPSA) is 42.0 Å². The van der Waals surface area contributed by atoms with Gasteiger partial charge in [-0.05, 0) is 6.07 Å². The van der Waals surface area contributed by atoms with Crippen LogP contribution in [0, 0.1) is 0 Å². The van der Waals surface area contributed by atoms with Crippen molar-refractivity contribution in [2.75, 3.05) is 6.54 Å². The molecule has 0 atom stereocenters. The summed E-state index contributed by atoms with van der Waals surface area (Å²) in [5.74, 6) is -0.239. The highest BCUT2D eigenvalue weighted by Crippen LogP contribution is 2.30. The second-order valence-electron chi connectivity index (χ2n) is 3.28. The number of hydrogen-bond acceptors (Lipinski definition) is 2. The molecule has 0 saturated carbocycles. The molecule has 0 aromatic carbocycles. The average Bonchev–Trinajstić information content (AvgIpc) is 2.23. The molecule has 0 aliphatic rings. The maximum absolute atomic E-state index is 12.5. The molecule has 1 amide bonds. The molecule has 17 heavy (non-hydrogen) atoms. The molecule has 0 spiro atoms. The summed E-state index contributed by atoms with van der Waals surface area (Å²) < 4.78 is 37.6. The number of amides is 1. The summed E-state index contributed by atoms with van der Waals surface area (Å²) >= 11 is 0. The quantitative estimate of drug-likeness (QED) is 0.886. The van der Waals surface area contributed by atoms with Crippen molar-refractivity contribution < 1.29 is 18.0 Å². The van der Waals surface area contributed by atoms with Gasteiger partial charge in [-0.25, -0.2) is 0 Å². The lowest BCUT2D eigenvalue weighted by Crippen LogP contribution is -2.19. The third-order valence-corrected chi connectivity index (χ3v) is 1.87. The number of pyridine rings is 1. The third-order valence-electron chi connectivity index (χ3n) is 1.87. The minimum absolute atomic E-state index is 0.0228. The molecule has 1 heterocycles. The van der Waals surface area contributed by atoms with Crippen molar-refractivity contribution in [2.24, 2.45) is 0 Å². The van der Waals surface area contributed by atoms with Crippen LogP contribution in [0.5, 0.6) is 0 Å². The number of carbonyl (C=O) groups is 1. The highest BCUT2D eigenvalue weighted by molar-refractivity contribution is 5.73. The molecule has 3 nitrogen and oxygen atoms in total. The van der Waals surface area contributed by atoms with Crippen LogP contribution in [0.25, 0.3) is 6.08 Å². The summed E-state index contributed by atoms with van der Waals surface area (Å²) in [7, 11) is 0. The Labute approximate surface area is 96.4 Å². The van der Waals surface area contributed by atoms with E-state index in [2.05, 4.69) is 10.3 Å². The Bertz CT molecular complexity index is 427. The van der Waals surface area contributed by atoms with E-state index in [1.165, 1.54) is 31.2 Å². The molecule has 0 aliphatic heterocycles. The first-order chi connectivity index (χ1) is 7.91. The first-order valence-corrected chi connectivity index (χ1v) is 4.84. The smallest absolute Gasteiger partial charge is 0.353 e. The zero-order chi connectivity index (χ0) is 12.9. The third kappa shape index (κ3) is 4.26. The van der Waals surface area contributed by atoms with E-state index < -0.39 is 11.9 Å². The monoisotopic (exact) mass is 244 g/mol. The van der Waals surface area contributed by atoms with Gasteiger partial charge in [-0.2, -0.15) is 13.2 Å². The van der Waals surface area contributed by atoms with Crippen molar-refractivity contribution in [2.45, 2.75) is 13.1 Å². The number of carbonyl (C=O) groups excluding carboxylic acids is 1. The lowest BCUT2D eigenvalue weighted by Gasteiger charge is -2.08. The fraction of sp³-hybridized carbons (Fsp3) is 0.273. The van der Waals surface area contributed by atoms with Gasteiger partial charge in [0, 0.05) is 25.2 Å². The van der Waals surface area contributed by atoms with Gasteiger partial charge in [-0.1, -0.05) is 18.2 Å². The fourth-order valence-electron chi connectivity index (χ4n) is 1.18. The van der Waals surface area contributed by atoms with E-state index in [1.807, 2.05) is 0 Å². The van der Waals surface area contributed by atoms with E-state index in [0.29, 0.717) is 0 Å². The Kier molecular flexibility index (Phi) is 4.25. The second kappa shape index (κ2) is 5.47. The molecule has 6 heteroatoms. The van der Waals surface area contributed by atoms with Gasteiger partial charge < -0.3 is 5.32 Å². The number of aromatic nitrogens is 1. The van der Waals surface area contributed by atoms with E-state index in [1.54, 1.807) is 0 Å². The minimum Gasteiger partial charge on any atom is -0.353 e. The number of hydrogen-bond donors (Lipinski definition) is 1. The molecule has 1 rings (SSSR count). The SMILES string of the molecule is CC(=O)NCC=Cc1cccnc1C(F)(F)F. The number of rotatable bonds is 3. The molecule has 0 unspecified atom stereocenters. The van der Waals surface area contributed by atoms with Crippen LogP contribution in [0.2, 0.25) is 0 Å². The normalized spacial score (nSPS) is 11.8. The van der Waals surface area contributed by atoms with Gasteiger partial charge in [0.15, 0.2) is 5.69 Å². The van der Waals surface area contributed by atoms with Crippen LogP contribution in [0.1, 0.15) is 18.2 Å². The highest BCUT2D eigenvalue weighted by Gasteiger charge is 2.34. The lowest BCUT2D eigenvalue weighted by atomic mass is 10.1. The zero-order valence-corrected chi connectivity index (χ0v) is 9.08. The number of nitrogens with one attached hydrogen (secondary N) is 1. The molecule has 0 fully saturated rings. The van der Waals surface area contributed by atoms with E-state index in [0.717, 1.165) is 6.20 Å². The number of alkyl halides is 3. The zero-order valence-electron chi connectivity index (χ0n) is 9.08. The summed E-state index contributed by atoms with van der Waals surface area (Å²) in [6, 6.07) is 2.74. The Morgan fingerprint density at radius 3 is 2.82 bits per heavy atom. The number of halogens is 3. The van der Waals surface area contributed by atoms with E-state index >= 15 is 0 Å². The van der Waals surface area contributed by atoms with Crippen LogP contribution in [0.15, 0.2) is 24.4 Å². The van der Waals surface area contributed by atoms with Gasteiger partial charge in [-0.15, -0.1) is 0 Å². The summed E-state index contributed by atoms with van der Waals surface area (Å²) in [5, 5.41) is 2.45. The Morgan fingerprint density at radius 2 is 2.24 bits per heavy atom. The molecule has 92 valence electrons. The van der Waals surface area contributed by atoms with Crippen molar-refractivity contribution in [3.8, 4) is 0 Å². The number of nitrogens with zero attached hydrogens (tertiary/aromatic N) is 1. The van der Waals surface area contributed by atoms with Crippen LogP contribution < -0.4 is 5.32 Å². The molecule has 0 radical (unpaired) electrons. The van der Waals surface area contributed by atoms with Crippen molar-refractivity contribution in [1.29, 1.82) is 0 Å². The molecule has 1 aromatic rings. The standard InChI is InChI=1S/C11H11F3N2O/c1-8(17)15-6-2-4-9-5-3-7-16-10(9)11(12,13)14/h2-5,7H,6H2,1H3,(H,15,17). The van der Waals surface area contributed by atoms with E-state index in [4.69, 9.17) is 0 Å². The first-order valence-electron chi connectivity index (χ1n) is 4.84. The predicted molar refractivity (Wildman–Crippen MR) is 57.0 cm³/mol. The lowest BCUT2D eigenvalue weighted by molar-refractivity contribution is -0.141. The molecule has 0 aliphatic carbocycles. The van der Waals surface area contributed by atoms with Crippen LogP contribution in [0.3, 0.4) is 0 Å². The maximum Gasteiger partial charge on any atom is 0.433 e. The van der Waals surface area contributed by atoms with Crippen molar-refractivity contribution in [3.63, 3.8) is 0 Å². The summed E-state index contributed by atoms with van der Waals surface area (Å²) in [6.45, 7) is 1.51. The van der Waals surface area contributed by atoms with Crippen molar-refractivity contribution in [3.05, 3.63) is 35.7 Å². The van der Waals surface area contributed by atoms with E-state index in [9.17, 15) is 18.0 Å². The summed E-state index contributed by atoms with van der Waals surface area (Å²) in [6.07, 6.45) is -0.664. The van der Waals surface area contributed by atoms with Crippen LogP contribution >= 0.6 is 0 Å². The van der Waals surface area contributed by atoms with Gasteiger partial charge in [0.2, 0.25) is 5.91 Å². The van der Waals surface area contributed by atoms with Crippen molar-refractivity contribution in [1.82, 2.24) is 10.3 Å². The van der Waals surface area contributed by atoms with Gasteiger partial charge >= 0.3 is 6.18 Å². The molecule has 0 bridgehead atoms. The molecular weight excluding hydrogens is 233 g/mol.